The number of carbonyl (C=O) groups is 2. The van der Waals surface area contributed by atoms with Crippen LogP contribution in [-0.2, 0) is 9.59 Å². The highest BCUT2D eigenvalue weighted by Gasteiger charge is 2.57. The van der Waals surface area contributed by atoms with Gasteiger partial charge in [0.1, 0.15) is 0 Å². The first-order valence-corrected chi connectivity index (χ1v) is 7.98. The zero-order chi connectivity index (χ0) is 15.3. The van der Waals surface area contributed by atoms with E-state index in [0.29, 0.717) is 18.3 Å². The van der Waals surface area contributed by atoms with Gasteiger partial charge >= 0.3 is 0 Å². The van der Waals surface area contributed by atoms with Crippen LogP contribution in [0.2, 0.25) is 0 Å². The molecule has 4 saturated carbocycles. The number of aliphatic hydroxyl groups is 1. The van der Waals surface area contributed by atoms with Crippen LogP contribution in [-0.4, -0.2) is 48.1 Å². The minimum Gasteiger partial charge on any atom is -0.390 e. The maximum absolute atomic E-state index is 12.2. The lowest BCUT2D eigenvalue weighted by Crippen LogP contribution is -2.56. The molecule has 0 heterocycles. The predicted octanol–water partition coefficient (Wildman–Crippen LogP) is 0.912. The van der Waals surface area contributed by atoms with E-state index in [4.69, 9.17) is 0 Å². The molecule has 4 aliphatic rings. The summed E-state index contributed by atoms with van der Waals surface area (Å²) in [5, 5.41) is 13.4. The highest BCUT2D eigenvalue weighted by atomic mass is 16.3. The van der Waals surface area contributed by atoms with Crippen LogP contribution in [0.3, 0.4) is 0 Å². The van der Waals surface area contributed by atoms with Crippen LogP contribution in [0.1, 0.15) is 44.9 Å². The fraction of sp³-hybridized carbons (Fsp3) is 0.875. The summed E-state index contributed by atoms with van der Waals surface area (Å²) in [4.78, 5) is 25.2. The van der Waals surface area contributed by atoms with E-state index in [1.54, 1.807) is 14.1 Å². The summed E-state index contributed by atoms with van der Waals surface area (Å²) >= 11 is 0. The van der Waals surface area contributed by atoms with E-state index in [1.807, 2.05) is 0 Å². The minimum absolute atomic E-state index is 0.0237. The molecule has 4 aliphatic carbocycles. The van der Waals surface area contributed by atoms with E-state index >= 15 is 0 Å². The highest BCUT2D eigenvalue weighted by molar-refractivity contribution is 5.84. The molecule has 5 heteroatoms. The van der Waals surface area contributed by atoms with E-state index in [9.17, 15) is 14.7 Å². The lowest BCUT2D eigenvalue weighted by Gasteiger charge is -2.60. The van der Waals surface area contributed by atoms with Gasteiger partial charge in [-0.3, -0.25) is 9.59 Å². The van der Waals surface area contributed by atoms with Gasteiger partial charge in [-0.2, -0.15) is 0 Å². The fourth-order valence-electron chi connectivity index (χ4n) is 5.34. The Kier molecular flexibility index (Phi) is 3.51. The number of nitrogens with one attached hydrogen (secondary N) is 1. The Morgan fingerprint density at radius 1 is 1.19 bits per heavy atom. The molecule has 2 amide bonds. The average Bonchev–Trinajstić information content (AvgIpc) is 2.31. The Morgan fingerprint density at radius 2 is 1.81 bits per heavy atom. The van der Waals surface area contributed by atoms with Crippen molar-refractivity contribution in [1.82, 2.24) is 10.2 Å². The van der Waals surface area contributed by atoms with Gasteiger partial charge < -0.3 is 15.3 Å². The third-order valence-electron chi connectivity index (χ3n) is 5.62. The first-order valence-electron chi connectivity index (χ1n) is 7.98. The maximum atomic E-state index is 12.2. The van der Waals surface area contributed by atoms with Crippen molar-refractivity contribution in [2.45, 2.75) is 50.5 Å². The SMILES string of the molecule is CN(C)C(=O)CNC(=O)CC12C[C@@H]3C[C@@H](CC(O)(C3)C1)C2. The van der Waals surface area contributed by atoms with Crippen LogP contribution < -0.4 is 5.32 Å². The molecule has 4 atom stereocenters. The van der Waals surface area contributed by atoms with Crippen molar-refractivity contribution in [1.29, 1.82) is 0 Å². The van der Waals surface area contributed by atoms with Gasteiger partial charge in [-0.25, -0.2) is 0 Å². The predicted molar refractivity (Wildman–Crippen MR) is 78.4 cm³/mol. The first-order chi connectivity index (χ1) is 9.79. The Hall–Kier alpha value is -1.10. The van der Waals surface area contributed by atoms with Crippen LogP contribution in [0.25, 0.3) is 0 Å². The van der Waals surface area contributed by atoms with Crippen LogP contribution in [0.4, 0.5) is 0 Å². The monoisotopic (exact) mass is 294 g/mol. The summed E-state index contributed by atoms with van der Waals surface area (Å²) < 4.78 is 0. The second kappa shape index (κ2) is 4.97. The summed E-state index contributed by atoms with van der Waals surface area (Å²) in [5.74, 6) is 1.04. The smallest absolute Gasteiger partial charge is 0.241 e. The molecule has 0 aromatic rings. The molecular formula is C16H26N2O3. The van der Waals surface area contributed by atoms with E-state index in [-0.39, 0.29) is 23.8 Å². The van der Waals surface area contributed by atoms with Gasteiger partial charge in [-0.15, -0.1) is 0 Å². The topological polar surface area (TPSA) is 69.6 Å². The molecule has 118 valence electrons. The molecule has 0 aromatic carbocycles. The summed E-state index contributed by atoms with van der Waals surface area (Å²) in [6.07, 6.45) is 6.44. The number of hydrogen-bond donors (Lipinski definition) is 2. The quantitative estimate of drug-likeness (QED) is 0.810. The molecule has 4 fully saturated rings. The van der Waals surface area contributed by atoms with Crippen LogP contribution in [0.5, 0.6) is 0 Å². The van der Waals surface area contributed by atoms with Crippen molar-refractivity contribution >= 4 is 11.8 Å². The number of rotatable bonds is 4. The number of amides is 2. The van der Waals surface area contributed by atoms with Crippen molar-refractivity contribution in [3.63, 3.8) is 0 Å². The van der Waals surface area contributed by atoms with Crippen LogP contribution in [0.15, 0.2) is 0 Å². The molecule has 0 spiro atoms. The number of carbonyl (C=O) groups excluding carboxylic acids is 2. The third-order valence-corrected chi connectivity index (χ3v) is 5.62. The molecule has 2 unspecified atom stereocenters. The van der Waals surface area contributed by atoms with Gasteiger partial charge in [0.05, 0.1) is 12.1 Å². The van der Waals surface area contributed by atoms with Crippen molar-refractivity contribution < 1.29 is 14.7 Å². The second-order valence-electron chi connectivity index (χ2n) is 7.93. The Balaban J connectivity index is 1.60. The molecule has 21 heavy (non-hydrogen) atoms. The van der Waals surface area contributed by atoms with Gasteiger partial charge in [-0.1, -0.05) is 0 Å². The Morgan fingerprint density at radius 3 is 2.33 bits per heavy atom. The molecule has 0 aromatic heterocycles. The molecule has 0 aliphatic heterocycles. The molecule has 4 bridgehead atoms. The van der Waals surface area contributed by atoms with Crippen molar-refractivity contribution in [2.75, 3.05) is 20.6 Å². The zero-order valence-electron chi connectivity index (χ0n) is 13.0. The fourth-order valence-corrected chi connectivity index (χ4v) is 5.34. The van der Waals surface area contributed by atoms with Gasteiger partial charge in [0.15, 0.2) is 0 Å². The summed E-state index contributed by atoms with van der Waals surface area (Å²) in [6, 6.07) is 0. The van der Waals surface area contributed by atoms with E-state index in [0.717, 1.165) is 32.1 Å². The molecule has 0 radical (unpaired) electrons. The number of nitrogens with zero attached hydrogens (tertiary/aromatic N) is 1. The van der Waals surface area contributed by atoms with Crippen molar-refractivity contribution in [3.05, 3.63) is 0 Å². The highest BCUT2D eigenvalue weighted by Crippen LogP contribution is 2.62. The van der Waals surface area contributed by atoms with Crippen LogP contribution >= 0.6 is 0 Å². The molecule has 0 saturated heterocycles. The summed E-state index contributed by atoms with van der Waals surface area (Å²) in [6.45, 7) is 0.0685. The minimum atomic E-state index is -0.524. The van der Waals surface area contributed by atoms with Gasteiger partial charge in [0.25, 0.3) is 0 Å². The molecular weight excluding hydrogens is 268 g/mol. The van der Waals surface area contributed by atoms with E-state index in [1.165, 1.54) is 11.3 Å². The summed E-state index contributed by atoms with van der Waals surface area (Å²) in [7, 11) is 3.37. The molecule has 4 rings (SSSR count). The largest absolute Gasteiger partial charge is 0.390 e. The molecule has 5 nitrogen and oxygen atoms in total. The van der Waals surface area contributed by atoms with Gasteiger partial charge in [-0.05, 0) is 55.8 Å². The summed E-state index contributed by atoms with van der Waals surface area (Å²) in [5.41, 5.74) is -0.548. The lowest BCUT2D eigenvalue weighted by molar-refractivity contribution is -0.169. The normalized spacial score (nSPS) is 40.1. The number of hydrogen-bond acceptors (Lipinski definition) is 3. The maximum Gasteiger partial charge on any atom is 0.241 e. The van der Waals surface area contributed by atoms with Crippen molar-refractivity contribution in [2.24, 2.45) is 17.3 Å². The lowest BCUT2D eigenvalue weighted by atomic mass is 9.47. The van der Waals surface area contributed by atoms with E-state index in [2.05, 4.69) is 5.32 Å². The van der Waals surface area contributed by atoms with Crippen molar-refractivity contribution in [3.8, 4) is 0 Å². The Bertz CT molecular complexity index is 446. The third kappa shape index (κ3) is 2.93. The second-order valence-corrected chi connectivity index (χ2v) is 7.93. The average molecular weight is 294 g/mol. The van der Waals surface area contributed by atoms with Gasteiger partial charge in [0, 0.05) is 20.5 Å². The zero-order valence-corrected chi connectivity index (χ0v) is 13.0. The first kappa shape index (κ1) is 14.8. The standard InChI is InChI=1S/C16H26N2O3/c1-18(2)14(20)9-17-13(19)8-15-4-11-3-12(5-15)7-16(21,6-11)10-15/h11-12,21H,3-10H2,1-2H3,(H,17,19)/t11-,12+,15?,16?. The van der Waals surface area contributed by atoms with E-state index < -0.39 is 5.60 Å². The van der Waals surface area contributed by atoms with Crippen LogP contribution in [0, 0.1) is 17.3 Å². The molecule has 2 N–H and O–H groups in total. The van der Waals surface area contributed by atoms with Gasteiger partial charge in [0.2, 0.25) is 11.8 Å². The number of likely N-dealkylation sites (N-methyl/N-ethyl adjacent to an activating group) is 1. The Labute approximate surface area is 126 Å².